The van der Waals surface area contributed by atoms with Crippen molar-refractivity contribution in [3.8, 4) is 11.3 Å². The Labute approximate surface area is 195 Å². The molecule has 1 aromatic heterocycles. The Morgan fingerprint density at radius 3 is 2.24 bits per heavy atom. The van der Waals surface area contributed by atoms with Crippen LogP contribution in [0.5, 0.6) is 0 Å². The van der Waals surface area contributed by atoms with Gasteiger partial charge in [-0.2, -0.15) is 8.42 Å². The first-order valence-corrected chi connectivity index (χ1v) is 13.7. The van der Waals surface area contributed by atoms with E-state index in [1.807, 2.05) is 6.07 Å². The van der Waals surface area contributed by atoms with Crippen LogP contribution in [-0.4, -0.2) is 42.2 Å². The minimum atomic E-state index is -4.51. The SMILES string of the molecule is NS(=O)(=O)c1ccc(-c2ccc(CC3SC(S(=O)(=O)O)N(Cc4ccccc4)C3=O)o2)cc1. The molecular weight excluding hydrogens is 488 g/mol. The van der Waals surface area contributed by atoms with E-state index in [9.17, 15) is 26.2 Å². The van der Waals surface area contributed by atoms with Crippen LogP contribution in [0.1, 0.15) is 11.3 Å². The minimum absolute atomic E-state index is 0.0271. The molecular formula is C21H20N2O7S3. The molecule has 0 aliphatic carbocycles. The van der Waals surface area contributed by atoms with Crippen LogP contribution in [0.2, 0.25) is 0 Å². The molecule has 4 rings (SSSR count). The molecule has 2 unspecified atom stereocenters. The third-order valence-corrected chi connectivity index (χ3v) is 9.00. The molecule has 2 heterocycles. The number of thioether (sulfide) groups is 1. The van der Waals surface area contributed by atoms with E-state index < -0.39 is 36.0 Å². The zero-order valence-corrected chi connectivity index (χ0v) is 19.5. The lowest BCUT2D eigenvalue weighted by atomic mass is 10.2. The van der Waals surface area contributed by atoms with Gasteiger partial charge >= 0.3 is 0 Å². The van der Waals surface area contributed by atoms with Gasteiger partial charge in [-0.05, 0) is 42.0 Å². The van der Waals surface area contributed by atoms with Crippen molar-refractivity contribution in [1.29, 1.82) is 0 Å². The standard InChI is InChI=1S/C21H20N2O7S3/c22-32(25,26)17-9-6-15(7-10-17)18-11-8-16(30-18)12-19-20(24)23(21(31-19)33(27,28)29)13-14-4-2-1-3-5-14/h1-11,19,21H,12-13H2,(H2,22,25,26)(H,27,28,29). The summed E-state index contributed by atoms with van der Waals surface area (Å²) in [5.74, 6) is 0.484. The van der Waals surface area contributed by atoms with Gasteiger partial charge in [-0.3, -0.25) is 9.35 Å². The molecule has 0 radical (unpaired) electrons. The summed E-state index contributed by atoms with van der Waals surface area (Å²) in [6.07, 6.45) is 0.121. The van der Waals surface area contributed by atoms with Gasteiger partial charge in [-0.15, -0.1) is 11.8 Å². The zero-order valence-electron chi connectivity index (χ0n) is 17.1. The summed E-state index contributed by atoms with van der Waals surface area (Å²) >= 11 is 0.855. The summed E-state index contributed by atoms with van der Waals surface area (Å²) in [4.78, 5) is 14.1. The van der Waals surface area contributed by atoms with Crippen molar-refractivity contribution in [2.24, 2.45) is 5.14 Å². The molecule has 33 heavy (non-hydrogen) atoms. The van der Waals surface area contributed by atoms with Gasteiger partial charge in [-0.1, -0.05) is 30.3 Å². The minimum Gasteiger partial charge on any atom is -0.461 e. The van der Waals surface area contributed by atoms with E-state index in [-0.39, 0.29) is 17.9 Å². The number of nitrogens with two attached hydrogens (primary N) is 1. The Bertz CT molecular complexity index is 1370. The summed E-state index contributed by atoms with van der Waals surface area (Å²) in [6, 6.07) is 18.1. The Morgan fingerprint density at radius 1 is 0.970 bits per heavy atom. The number of primary sulfonamides is 1. The number of benzene rings is 2. The first kappa shape index (κ1) is 23.5. The lowest BCUT2D eigenvalue weighted by molar-refractivity contribution is -0.129. The molecule has 0 saturated carbocycles. The molecule has 2 atom stereocenters. The molecule has 9 nitrogen and oxygen atoms in total. The smallest absolute Gasteiger partial charge is 0.296 e. The number of furan rings is 1. The Hall–Kier alpha value is -2.64. The number of sulfonamides is 1. The predicted molar refractivity (Wildman–Crippen MR) is 123 cm³/mol. The Kier molecular flexibility index (Phi) is 6.38. The lowest BCUT2D eigenvalue weighted by Gasteiger charge is -2.21. The number of amides is 1. The van der Waals surface area contributed by atoms with Gasteiger partial charge in [-0.25, -0.2) is 13.6 Å². The monoisotopic (exact) mass is 508 g/mol. The summed E-state index contributed by atoms with van der Waals surface area (Å²) in [5.41, 5.74) is 1.35. The summed E-state index contributed by atoms with van der Waals surface area (Å²) < 4.78 is 60.7. The van der Waals surface area contributed by atoms with Crippen molar-refractivity contribution in [3.05, 3.63) is 78.1 Å². The van der Waals surface area contributed by atoms with Crippen LogP contribution in [0.3, 0.4) is 0 Å². The summed E-state index contributed by atoms with van der Waals surface area (Å²) in [7, 11) is -8.31. The van der Waals surface area contributed by atoms with Crippen LogP contribution in [-0.2, 0) is 37.9 Å². The highest BCUT2D eigenvalue weighted by molar-refractivity contribution is 8.12. The van der Waals surface area contributed by atoms with Gasteiger partial charge < -0.3 is 9.32 Å². The molecule has 1 fully saturated rings. The van der Waals surface area contributed by atoms with Crippen LogP contribution >= 0.6 is 11.8 Å². The van der Waals surface area contributed by atoms with Gasteiger partial charge in [0, 0.05) is 18.5 Å². The van der Waals surface area contributed by atoms with Crippen molar-refractivity contribution in [2.45, 2.75) is 27.8 Å². The van der Waals surface area contributed by atoms with E-state index in [1.165, 1.54) is 12.1 Å². The number of carbonyl (C=O) groups is 1. The van der Waals surface area contributed by atoms with E-state index in [0.29, 0.717) is 17.1 Å². The van der Waals surface area contributed by atoms with E-state index in [1.54, 1.807) is 48.5 Å². The van der Waals surface area contributed by atoms with Crippen molar-refractivity contribution in [2.75, 3.05) is 0 Å². The van der Waals surface area contributed by atoms with Crippen molar-refractivity contribution in [1.82, 2.24) is 4.90 Å². The van der Waals surface area contributed by atoms with Crippen LogP contribution < -0.4 is 5.14 Å². The number of hydrogen-bond acceptors (Lipinski definition) is 7. The Balaban J connectivity index is 1.52. The third-order valence-electron chi connectivity index (χ3n) is 5.06. The fourth-order valence-electron chi connectivity index (χ4n) is 3.49. The van der Waals surface area contributed by atoms with Gasteiger partial charge in [0.2, 0.25) is 20.6 Å². The zero-order chi connectivity index (χ0) is 23.8. The van der Waals surface area contributed by atoms with Gasteiger partial charge in [0.15, 0.2) is 0 Å². The third kappa shape index (κ3) is 5.31. The maximum atomic E-state index is 13.0. The van der Waals surface area contributed by atoms with Crippen molar-refractivity contribution >= 4 is 37.8 Å². The number of hydrogen-bond donors (Lipinski definition) is 2. The number of rotatable bonds is 7. The van der Waals surface area contributed by atoms with E-state index in [0.717, 1.165) is 22.2 Å². The molecule has 1 aliphatic heterocycles. The lowest BCUT2D eigenvalue weighted by Crippen LogP contribution is -2.38. The van der Waals surface area contributed by atoms with Crippen LogP contribution in [0.4, 0.5) is 0 Å². The van der Waals surface area contributed by atoms with Gasteiger partial charge in [0.1, 0.15) is 11.5 Å². The first-order chi connectivity index (χ1) is 15.5. The largest absolute Gasteiger partial charge is 0.461 e. The van der Waals surface area contributed by atoms with Crippen molar-refractivity contribution in [3.63, 3.8) is 0 Å². The van der Waals surface area contributed by atoms with Gasteiger partial charge in [0.25, 0.3) is 10.1 Å². The molecule has 3 N–H and O–H groups in total. The summed E-state index contributed by atoms with van der Waals surface area (Å²) in [6.45, 7) is 0.0490. The molecule has 12 heteroatoms. The molecule has 1 aliphatic rings. The fourth-order valence-corrected chi connectivity index (χ4v) is 6.59. The predicted octanol–water partition coefficient (Wildman–Crippen LogP) is 2.45. The highest BCUT2D eigenvalue weighted by atomic mass is 32.3. The van der Waals surface area contributed by atoms with Crippen molar-refractivity contribution < 1.29 is 30.6 Å². The quantitative estimate of drug-likeness (QED) is 0.463. The topological polar surface area (TPSA) is 148 Å². The molecule has 0 spiro atoms. The van der Waals surface area contributed by atoms with E-state index in [2.05, 4.69) is 0 Å². The average Bonchev–Trinajstić information content (AvgIpc) is 3.34. The van der Waals surface area contributed by atoms with E-state index >= 15 is 0 Å². The molecule has 1 amide bonds. The second-order valence-corrected chi connectivity index (χ2v) is 12.1. The molecule has 1 saturated heterocycles. The van der Waals surface area contributed by atoms with E-state index in [4.69, 9.17) is 9.56 Å². The van der Waals surface area contributed by atoms with Crippen LogP contribution in [0, 0.1) is 0 Å². The maximum Gasteiger partial charge on any atom is 0.296 e. The number of carbonyl (C=O) groups excluding carboxylic acids is 1. The maximum absolute atomic E-state index is 13.0. The molecule has 174 valence electrons. The number of nitrogens with zero attached hydrogens (tertiary/aromatic N) is 1. The second-order valence-electron chi connectivity index (χ2n) is 7.44. The molecule has 0 bridgehead atoms. The Morgan fingerprint density at radius 2 is 1.64 bits per heavy atom. The first-order valence-electron chi connectivity index (χ1n) is 9.70. The van der Waals surface area contributed by atoms with Crippen LogP contribution in [0.25, 0.3) is 11.3 Å². The normalized spacial score (nSPS) is 19.2. The second kappa shape index (κ2) is 8.95. The van der Waals surface area contributed by atoms with Crippen LogP contribution in [0.15, 0.2) is 76.0 Å². The highest BCUT2D eigenvalue weighted by Crippen LogP contribution is 2.38. The summed E-state index contributed by atoms with van der Waals surface area (Å²) in [5, 5.41) is 4.35. The highest BCUT2D eigenvalue weighted by Gasteiger charge is 2.46. The average molecular weight is 509 g/mol. The fraction of sp³-hybridized carbons (Fsp3) is 0.190. The molecule has 3 aromatic rings. The molecule has 2 aromatic carbocycles. The van der Waals surface area contributed by atoms with Gasteiger partial charge in [0.05, 0.1) is 10.1 Å².